The Morgan fingerprint density at radius 3 is 1.82 bits per heavy atom. The van der Waals surface area contributed by atoms with Crippen LogP contribution in [-0.2, 0) is 10.0 Å². The SMILES string of the molecule is CC(C)(C)NCCCCS(=O)(=O)NC(C)(C)C. The molecular formula is C12H28N2O2S. The molecule has 104 valence electrons. The van der Waals surface area contributed by atoms with Gasteiger partial charge in [0.2, 0.25) is 10.0 Å². The summed E-state index contributed by atoms with van der Waals surface area (Å²) >= 11 is 0. The average molecular weight is 264 g/mol. The van der Waals surface area contributed by atoms with Gasteiger partial charge in [0.15, 0.2) is 0 Å². The van der Waals surface area contributed by atoms with Crippen LogP contribution >= 0.6 is 0 Å². The first-order valence-electron chi connectivity index (χ1n) is 6.18. The summed E-state index contributed by atoms with van der Waals surface area (Å²) in [7, 11) is -3.13. The van der Waals surface area contributed by atoms with E-state index in [1.54, 1.807) is 0 Å². The molecule has 0 amide bonds. The zero-order valence-corrected chi connectivity index (χ0v) is 12.9. The van der Waals surface area contributed by atoms with Crippen LogP contribution < -0.4 is 10.0 Å². The molecule has 0 bridgehead atoms. The molecule has 0 aliphatic heterocycles. The Balaban J connectivity index is 3.82. The van der Waals surface area contributed by atoms with Crippen molar-refractivity contribution in [3.05, 3.63) is 0 Å². The summed E-state index contributed by atoms with van der Waals surface area (Å²) in [4.78, 5) is 0. The normalized spacial score (nSPS) is 14.0. The molecule has 0 aliphatic carbocycles. The highest BCUT2D eigenvalue weighted by molar-refractivity contribution is 7.89. The molecule has 0 fully saturated rings. The summed E-state index contributed by atoms with van der Waals surface area (Å²) in [6, 6.07) is 0. The Kier molecular flexibility index (Phi) is 6.11. The molecule has 0 radical (unpaired) electrons. The predicted octanol–water partition coefficient (Wildman–Crippen LogP) is 1.87. The topological polar surface area (TPSA) is 58.2 Å². The Labute approximate surface area is 107 Å². The van der Waals surface area contributed by atoms with Gasteiger partial charge in [-0.15, -0.1) is 0 Å². The van der Waals surface area contributed by atoms with Crippen LogP contribution in [0.2, 0.25) is 0 Å². The molecule has 0 aliphatic rings. The van der Waals surface area contributed by atoms with E-state index < -0.39 is 10.0 Å². The van der Waals surface area contributed by atoms with Crippen LogP contribution in [-0.4, -0.2) is 31.8 Å². The van der Waals surface area contributed by atoms with Crippen molar-refractivity contribution in [1.29, 1.82) is 0 Å². The van der Waals surface area contributed by atoms with Gasteiger partial charge in [-0.3, -0.25) is 0 Å². The lowest BCUT2D eigenvalue weighted by Gasteiger charge is -2.21. The second-order valence-corrected chi connectivity index (χ2v) is 8.40. The van der Waals surface area contributed by atoms with E-state index in [1.165, 1.54) is 0 Å². The molecule has 0 aromatic carbocycles. The lowest BCUT2D eigenvalue weighted by molar-refractivity contribution is 0.420. The second-order valence-electron chi connectivity index (χ2n) is 6.55. The van der Waals surface area contributed by atoms with Crippen molar-refractivity contribution >= 4 is 10.0 Å². The van der Waals surface area contributed by atoms with Crippen LogP contribution in [0.25, 0.3) is 0 Å². The monoisotopic (exact) mass is 264 g/mol. The largest absolute Gasteiger partial charge is 0.312 e. The fraction of sp³-hybridized carbons (Fsp3) is 1.00. The van der Waals surface area contributed by atoms with E-state index in [0.29, 0.717) is 6.42 Å². The van der Waals surface area contributed by atoms with Crippen molar-refractivity contribution in [2.45, 2.75) is 65.5 Å². The summed E-state index contributed by atoms with van der Waals surface area (Å²) in [6.45, 7) is 12.7. The van der Waals surface area contributed by atoms with Crippen LogP contribution in [0, 0.1) is 0 Å². The number of nitrogens with one attached hydrogen (secondary N) is 2. The van der Waals surface area contributed by atoms with Gasteiger partial charge in [0.1, 0.15) is 0 Å². The first kappa shape index (κ1) is 16.9. The Bertz CT molecular complexity index is 310. The molecule has 5 heteroatoms. The molecule has 0 saturated carbocycles. The molecule has 4 nitrogen and oxygen atoms in total. The van der Waals surface area contributed by atoms with Gasteiger partial charge in [0.05, 0.1) is 5.75 Å². The van der Waals surface area contributed by atoms with E-state index in [2.05, 4.69) is 30.8 Å². The van der Waals surface area contributed by atoms with E-state index in [0.717, 1.165) is 13.0 Å². The van der Waals surface area contributed by atoms with Gasteiger partial charge in [0.25, 0.3) is 0 Å². The highest BCUT2D eigenvalue weighted by Crippen LogP contribution is 2.04. The molecule has 0 atom stereocenters. The molecule has 0 unspecified atom stereocenters. The molecule has 0 rings (SSSR count). The van der Waals surface area contributed by atoms with Crippen LogP contribution in [0.1, 0.15) is 54.4 Å². The van der Waals surface area contributed by atoms with Crippen LogP contribution in [0.15, 0.2) is 0 Å². The molecule has 0 saturated heterocycles. The minimum absolute atomic E-state index is 0.0997. The minimum Gasteiger partial charge on any atom is -0.312 e. The second kappa shape index (κ2) is 6.16. The van der Waals surface area contributed by atoms with Crippen molar-refractivity contribution in [2.24, 2.45) is 0 Å². The Hall–Kier alpha value is -0.130. The lowest BCUT2D eigenvalue weighted by Crippen LogP contribution is -2.42. The zero-order chi connectivity index (χ0) is 13.7. The predicted molar refractivity (Wildman–Crippen MR) is 73.7 cm³/mol. The summed E-state index contributed by atoms with van der Waals surface area (Å²) in [5, 5.41) is 3.34. The maximum absolute atomic E-state index is 11.7. The molecular weight excluding hydrogens is 236 g/mol. The highest BCUT2D eigenvalue weighted by atomic mass is 32.2. The van der Waals surface area contributed by atoms with Gasteiger partial charge in [-0.1, -0.05) is 0 Å². The third kappa shape index (κ3) is 12.1. The van der Waals surface area contributed by atoms with E-state index >= 15 is 0 Å². The maximum atomic E-state index is 11.7. The van der Waals surface area contributed by atoms with E-state index in [4.69, 9.17) is 0 Å². The first-order chi connectivity index (χ1) is 7.41. The van der Waals surface area contributed by atoms with E-state index in [-0.39, 0.29) is 16.8 Å². The van der Waals surface area contributed by atoms with Crippen molar-refractivity contribution in [2.75, 3.05) is 12.3 Å². The zero-order valence-electron chi connectivity index (χ0n) is 12.1. The van der Waals surface area contributed by atoms with Crippen LogP contribution in [0.3, 0.4) is 0 Å². The number of rotatable bonds is 6. The van der Waals surface area contributed by atoms with Gasteiger partial charge in [-0.25, -0.2) is 13.1 Å². The fourth-order valence-corrected chi connectivity index (χ4v) is 3.02. The van der Waals surface area contributed by atoms with Gasteiger partial charge in [0, 0.05) is 11.1 Å². The molecule has 0 aromatic rings. The number of sulfonamides is 1. The molecule has 0 heterocycles. The smallest absolute Gasteiger partial charge is 0.212 e. The standard InChI is InChI=1S/C12H28N2O2S/c1-11(2,3)13-9-7-8-10-17(15,16)14-12(4,5)6/h13-14H,7-10H2,1-6H3. The molecule has 0 aromatic heterocycles. The quantitative estimate of drug-likeness (QED) is 0.720. The van der Waals surface area contributed by atoms with Crippen molar-refractivity contribution in [1.82, 2.24) is 10.0 Å². The highest BCUT2D eigenvalue weighted by Gasteiger charge is 2.19. The van der Waals surface area contributed by atoms with Gasteiger partial charge < -0.3 is 5.32 Å². The van der Waals surface area contributed by atoms with Crippen LogP contribution in [0.5, 0.6) is 0 Å². The third-order valence-electron chi connectivity index (χ3n) is 1.96. The Morgan fingerprint density at radius 1 is 0.882 bits per heavy atom. The molecule has 2 N–H and O–H groups in total. The minimum atomic E-state index is -3.13. The molecule has 17 heavy (non-hydrogen) atoms. The number of hydrogen-bond acceptors (Lipinski definition) is 3. The van der Waals surface area contributed by atoms with Crippen molar-refractivity contribution in [3.63, 3.8) is 0 Å². The number of hydrogen-bond donors (Lipinski definition) is 2. The summed E-state index contributed by atoms with van der Waals surface area (Å²) < 4.78 is 26.0. The maximum Gasteiger partial charge on any atom is 0.212 e. The third-order valence-corrected chi connectivity index (χ3v) is 3.71. The van der Waals surface area contributed by atoms with Gasteiger partial charge in [-0.2, -0.15) is 0 Å². The van der Waals surface area contributed by atoms with E-state index in [1.807, 2.05) is 20.8 Å². The summed E-state index contributed by atoms with van der Waals surface area (Å²) in [5.41, 5.74) is -0.287. The Morgan fingerprint density at radius 2 is 1.41 bits per heavy atom. The fourth-order valence-electron chi connectivity index (χ4n) is 1.40. The van der Waals surface area contributed by atoms with Gasteiger partial charge in [-0.05, 0) is 60.9 Å². The van der Waals surface area contributed by atoms with Crippen LogP contribution in [0.4, 0.5) is 0 Å². The summed E-state index contributed by atoms with van der Waals surface area (Å²) in [5.74, 6) is 0.204. The molecule has 0 spiro atoms. The lowest BCUT2D eigenvalue weighted by atomic mass is 10.1. The first-order valence-corrected chi connectivity index (χ1v) is 7.83. The average Bonchev–Trinajstić information content (AvgIpc) is 1.95. The van der Waals surface area contributed by atoms with Crippen molar-refractivity contribution in [3.8, 4) is 0 Å². The van der Waals surface area contributed by atoms with E-state index in [9.17, 15) is 8.42 Å². The number of unbranched alkanes of at least 4 members (excludes halogenated alkanes) is 1. The van der Waals surface area contributed by atoms with Gasteiger partial charge >= 0.3 is 0 Å². The summed E-state index contributed by atoms with van der Waals surface area (Å²) in [6.07, 6.45) is 1.57. The van der Waals surface area contributed by atoms with Crippen molar-refractivity contribution < 1.29 is 8.42 Å².